The Labute approximate surface area is 116 Å². The van der Waals surface area contributed by atoms with Gasteiger partial charge < -0.3 is 25.6 Å². The maximum Gasteiger partial charge on any atom is 0.367 e. The molecule has 0 aromatic carbocycles. The van der Waals surface area contributed by atoms with Crippen LogP contribution in [0.2, 0.25) is 0 Å². The standard InChI is InChI=1S/C12H17N5O3/c1-15-2-4-16(5-3-15)10-6-9(7-11(13)18)12(14-8-10)17(19)20/h6,8H,2-5,7H2,1H3,(H2,13,18). The summed E-state index contributed by atoms with van der Waals surface area (Å²) < 4.78 is 0. The van der Waals surface area contributed by atoms with E-state index >= 15 is 0 Å². The van der Waals surface area contributed by atoms with Gasteiger partial charge in [0.1, 0.15) is 0 Å². The Balaban J connectivity index is 2.26. The summed E-state index contributed by atoms with van der Waals surface area (Å²) in [5.41, 5.74) is 6.19. The van der Waals surface area contributed by atoms with Crippen molar-refractivity contribution in [1.82, 2.24) is 9.88 Å². The largest absolute Gasteiger partial charge is 0.369 e. The first kappa shape index (κ1) is 14.2. The molecule has 2 N–H and O–H groups in total. The molecular weight excluding hydrogens is 262 g/mol. The number of carbonyl (C=O) groups excluding carboxylic acids is 1. The second kappa shape index (κ2) is 5.83. The Morgan fingerprint density at radius 1 is 1.45 bits per heavy atom. The van der Waals surface area contributed by atoms with Gasteiger partial charge in [0.25, 0.3) is 0 Å². The summed E-state index contributed by atoms with van der Waals surface area (Å²) in [6.45, 7) is 3.49. The van der Waals surface area contributed by atoms with Crippen molar-refractivity contribution in [3.63, 3.8) is 0 Å². The zero-order valence-corrected chi connectivity index (χ0v) is 11.3. The van der Waals surface area contributed by atoms with Crippen LogP contribution in [0.25, 0.3) is 0 Å². The predicted molar refractivity (Wildman–Crippen MR) is 73.5 cm³/mol. The molecule has 1 aliphatic heterocycles. The van der Waals surface area contributed by atoms with E-state index in [9.17, 15) is 14.9 Å². The fraction of sp³-hybridized carbons (Fsp3) is 0.500. The van der Waals surface area contributed by atoms with Crippen molar-refractivity contribution in [3.05, 3.63) is 27.9 Å². The molecule has 0 saturated carbocycles. The molecule has 20 heavy (non-hydrogen) atoms. The summed E-state index contributed by atoms with van der Waals surface area (Å²) in [5, 5.41) is 10.9. The third kappa shape index (κ3) is 3.21. The van der Waals surface area contributed by atoms with Crippen molar-refractivity contribution in [2.24, 2.45) is 5.73 Å². The lowest BCUT2D eigenvalue weighted by Gasteiger charge is -2.33. The second-order valence-corrected chi connectivity index (χ2v) is 4.87. The normalized spacial score (nSPS) is 16.1. The Bertz CT molecular complexity index is 526. The molecule has 8 heteroatoms. The molecule has 0 aliphatic carbocycles. The Morgan fingerprint density at radius 3 is 2.65 bits per heavy atom. The van der Waals surface area contributed by atoms with Gasteiger partial charge in [0, 0.05) is 26.2 Å². The van der Waals surface area contributed by atoms with Gasteiger partial charge in [-0.2, -0.15) is 0 Å². The molecule has 1 aromatic heterocycles. The molecule has 8 nitrogen and oxygen atoms in total. The Morgan fingerprint density at radius 2 is 2.10 bits per heavy atom. The van der Waals surface area contributed by atoms with Crippen LogP contribution in [0.1, 0.15) is 5.56 Å². The van der Waals surface area contributed by atoms with Gasteiger partial charge in [0.05, 0.1) is 17.7 Å². The lowest BCUT2D eigenvalue weighted by atomic mass is 10.1. The van der Waals surface area contributed by atoms with E-state index in [1.54, 1.807) is 6.07 Å². The van der Waals surface area contributed by atoms with Crippen LogP contribution in [0.15, 0.2) is 12.3 Å². The number of pyridine rings is 1. The number of nitrogens with zero attached hydrogens (tertiary/aromatic N) is 4. The first-order valence-corrected chi connectivity index (χ1v) is 6.32. The van der Waals surface area contributed by atoms with E-state index in [0.717, 1.165) is 31.9 Å². The Hall–Kier alpha value is -2.22. The molecule has 0 radical (unpaired) electrons. The van der Waals surface area contributed by atoms with Crippen molar-refractivity contribution < 1.29 is 9.72 Å². The molecule has 1 aromatic rings. The monoisotopic (exact) mass is 279 g/mol. The lowest BCUT2D eigenvalue weighted by molar-refractivity contribution is -0.390. The Kier molecular flexibility index (Phi) is 4.14. The average molecular weight is 279 g/mol. The van der Waals surface area contributed by atoms with Crippen molar-refractivity contribution in [1.29, 1.82) is 0 Å². The minimum absolute atomic E-state index is 0.176. The van der Waals surface area contributed by atoms with Crippen LogP contribution >= 0.6 is 0 Å². The number of anilines is 1. The number of piperazine rings is 1. The first-order valence-electron chi connectivity index (χ1n) is 6.32. The van der Waals surface area contributed by atoms with E-state index in [1.165, 1.54) is 6.20 Å². The number of nitro groups is 1. The van der Waals surface area contributed by atoms with E-state index in [2.05, 4.69) is 14.8 Å². The fourth-order valence-electron chi connectivity index (χ4n) is 2.21. The molecule has 0 unspecified atom stereocenters. The zero-order chi connectivity index (χ0) is 14.7. The number of nitrogens with two attached hydrogens (primary N) is 1. The van der Waals surface area contributed by atoms with E-state index < -0.39 is 10.8 Å². The maximum atomic E-state index is 11.0. The third-order valence-corrected chi connectivity index (χ3v) is 3.33. The molecular formula is C12H17N5O3. The van der Waals surface area contributed by atoms with Crippen LogP contribution in [0, 0.1) is 10.1 Å². The first-order chi connectivity index (χ1) is 9.47. The van der Waals surface area contributed by atoms with Crippen molar-refractivity contribution >= 4 is 17.4 Å². The van der Waals surface area contributed by atoms with Gasteiger partial charge in [0.2, 0.25) is 5.91 Å². The van der Waals surface area contributed by atoms with Gasteiger partial charge in [-0.25, -0.2) is 0 Å². The van der Waals surface area contributed by atoms with Crippen molar-refractivity contribution in [2.45, 2.75) is 6.42 Å². The van der Waals surface area contributed by atoms with Crippen LogP contribution in [-0.2, 0) is 11.2 Å². The highest BCUT2D eigenvalue weighted by Gasteiger charge is 2.21. The lowest BCUT2D eigenvalue weighted by Crippen LogP contribution is -2.44. The van der Waals surface area contributed by atoms with Crippen LogP contribution in [-0.4, -0.2) is 53.9 Å². The highest BCUT2D eigenvalue weighted by atomic mass is 16.6. The van der Waals surface area contributed by atoms with Gasteiger partial charge in [-0.3, -0.25) is 4.79 Å². The SMILES string of the molecule is CN1CCN(c2cnc([N+](=O)[O-])c(CC(N)=O)c2)CC1. The number of carbonyl (C=O) groups is 1. The summed E-state index contributed by atoms with van der Waals surface area (Å²) in [6.07, 6.45) is 1.30. The average Bonchev–Trinajstić information content (AvgIpc) is 2.38. The summed E-state index contributed by atoms with van der Waals surface area (Å²) >= 11 is 0. The number of rotatable bonds is 4. The predicted octanol–water partition coefficient (Wildman–Crippen LogP) is -0.231. The highest BCUT2D eigenvalue weighted by molar-refractivity contribution is 5.78. The molecule has 1 saturated heterocycles. The van der Waals surface area contributed by atoms with E-state index in [1.807, 2.05) is 7.05 Å². The highest BCUT2D eigenvalue weighted by Crippen LogP contribution is 2.23. The molecule has 1 fully saturated rings. The number of hydrogen-bond acceptors (Lipinski definition) is 6. The molecule has 2 heterocycles. The van der Waals surface area contributed by atoms with Gasteiger partial charge in [-0.1, -0.05) is 0 Å². The number of amides is 1. The van der Waals surface area contributed by atoms with Crippen molar-refractivity contribution in [3.8, 4) is 0 Å². The topological polar surface area (TPSA) is 106 Å². The molecule has 0 bridgehead atoms. The van der Waals surface area contributed by atoms with Gasteiger partial charge in [-0.05, 0) is 23.0 Å². The summed E-state index contributed by atoms with van der Waals surface area (Å²) in [6, 6.07) is 1.64. The number of primary amides is 1. The molecule has 108 valence electrons. The van der Waals surface area contributed by atoms with E-state index in [0.29, 0.717) is 0 Å². The maximum absolute atomic E-state index is 11.0. The summed E-state index contributed by atoms with van der Waals surface area (Å²) in [4.78, 5) is 29.5. The van der Waals surface area contributed by atoms with Crippen molar-refractivity contribution in [2.75, 3.05) is 38.1 Å². The molecule has 0 atom stereocenters. The molecule has 0 spiro atoms. The van der Waals surface area contributed by atoms with Gasteiger partial charge >= 0.3 is 5.82 Å². The van der Waals surface area contributed by atoms with Gasteiger partial charge in [0.15, 0.2) is 6.20 Å². The minimum Gasteiger partial charge on any atom is -0.369 e. The summed E-state index contributed by atoms with van der Waals surface area (Å²) in [5.74, 6) is -0.910. The number of hydrogen-bond donors (Lipinski definition) is 1. The second-order valence-electron chi connectivity index (χ2n) is 4.87. The summed E-state index contributed by atoms with van der Waals surface area (Å²) in [7, 11) is 2.05. The fourth-order valence-corrected chi connectivity index (χ4v) is 2.21. The van der Waals surface area contributed by atoms with E-state index in [-0.39, 0.29) is 17.8 Å². The van der Waals surface area contributed by atoms with Crippen LogP contribution < -0.4 is 10.6 Å². The number of likely N-dealkylation sites (N-methyl/N-ethyl adjacent to an activating group) is 1. The smallest absolute Gasteiger partial charge is 0.367 e. The van der Waals surface area contributed by atoms with Crippen LogP contribution in [0.5, 0.6) is 0 Å². The molecule has 1 amide bonds. The van der Waals surface area contributed by atoms with Crippen LogP contribution in [0.4, 0.5) is 11.5 Å². The van der Waals surface area contributed by atoms with E-state index in [4.69, 9.17) is 5.73 Å². The van der Waals surface area contributed by atoms with Gasteiger partial charge in [-0.15, -0.1) is 0 Å². The zero-order valence-electron chi connectivity index (χ0n) is 11.3. The quantitative estimate of drug-likeness (QED) is 0.603. The minimum atomic E-state index is -0.606. The molecule has 1 aliphatic rings. The number of aromatic nitrogens is 1. The third-order valence-electron chi connectivity index (χ3n) is 3.33. The van der Waals surface area contributed by atoms with Crippen LogP contribution in [0.3, 0.4) is 0 Å². The molecule has 2 rings (SSSR count).